The summed E-state index contributed by atoms with van der Waals surface area (Å²) < 4.78 is 5.11. The quantitative estimate of drug-likeness (QED) is 0.739. The van der Waals surface area contributed by atoms with Gasteiger partial charge in [0, 0.05) is 32.4 Å². The number of piperidine rings is 1. The van der Waals surface area contributed by atoms with Gasteiger partial charge < -0.3 is 19.5 Å². The fourth-order valence-electron chi connectivity index (χ4n) is 3.85. The van der Waals surface area contributed by atoms with E-state index in [1.54, 1.807) is 12.5 Å². The summed E-state index contributed by atoms with van der Waals surface area (Å²) in [7, 11) is 2.07. The summed E-state index contributed by atoms with van der Waals surface area (Å²) >= 11 is 0. The van der Waals surface area contributed by atoms with Gasteiger partial charge in [-0.1, -0.05) is 12.1 Å². The highest BCUT2D eigenvalue weighted by atomic mass is 16.5. The third-order valence-corrected chi connectivity index (χ3v) is 5.53. The van der Waals surface area contributed by atoms with E-state index in [1.165, 1.54) is 0 Å². The molecule has 0 radical (unpaired) electrons. The zero-order valence-corrected chi connectivity index (χ0v) is 15.3. The summed E-state index contributed by atoms with van der Waals surface area (Å²) in [6, 6.07) is 2.23. The Morgan fingerprint density at radius 2 is 2.27 bits per heavy atom. The van der Waals surface area contributed by atoms with Crippen LogP contribution >= 0.6 is 0 Å². The lowest BCUT2D eigenvalue weighted by atomic mass is 9.91. The van der Waals surface area contributed by atoms with E-state index < -0.39 is 6.23 Å². The second-order valence-corrected chi connectivity index (χ2v) is 7.09. The van der Waals surface area contributed by atoms with Crippen molar-refractivity contribution in [2.24, 2.45) is 5.92 Å². The number of aliphatic hydroxyl groups excluding tert-OH is 1. The average molecular weight is 356 g/mol. The van der Waals surface area contributed by atoms with Crippen LogP contribution in [0.4, 0.5) is 5.82 Å². The van der Waals surface area contributed by atoms with Crippen molar-refractivity contribution < 1.29 is 9.63 Å². The maximum absolute atomic E-state index is 10.8. The second-order valence-electron chi connectivity index (χ2n) is 7.09. The van der Waals surface area contributed by atoms with E-state index in [1.807, 2.05) is 19.2 Å². The average Bonchev–Trinajstić information content (AvgIpc) is 3.29. The monoisotopic (exact) mass is 356 g/mol. The number of anilines is 1. The van der Waals surface area contributed by atoms with Crippen LogP contribution in [-0.2, 0) is 0 Å². The molecule has 26 heavy (non-hydrogen) atoms. The highest BCUT2D eigenvalue weighted by molar-refractivity contribution is 5.87. The number of aromatic nitrogens is 4. The van der Waals surface area contributed by atoms with Crippen LogP contribution in [0.3, 0.4) is 0 Å². The number of hydrogen-bond donors (Lipinski definition) is 2. The van der Waals surface area contributed by atoms with E-state index in [9.17, 15) is 5.11 Å². The van der Waals surface area contributed by atoms with Gasteiger partial charge in [-0.25, -0.2) is 9.97 Å². The molecular formula is C18H24N6O2. The first-order valence-electron chi connectivity index (χ1n) is 8.90. The Labute approximate surface area is 151 Å². The Morgan fingerprint density at radius 1 is 1.42 bits per heavy atom. The molecule has 2 N–H and O–H groups in total. The number of nitrogens with zero attached hydrogens (tertiary/aromatic N) is 5. The van der Waals surface area contributed by atoms with Gasteiger partial charge >= 0.3 is 0 Å². The number of rotatable bonds is 4. The number of aliphatic hydroxyl groups is 1. The predicted octanol–water partition coefficient (Wildman–Crippen LogP) is 2.09. The molecule has 4 heterocycles. The summed E-state index contributed by atoms with van der Waals surface area (Å²) in [5.74, 6) is 2.05. The number of hydrogen-bond acceptors (Lipinski definition) is 7. The SMILES string of the molecule is Cc1oncc1C(O)N1CCC(C)C(N(C)c2ncnc3[nH]ccc23)C1. The number of likely N-dealkylation sites (N-methyl/N-ethyl adjacent to an activating group) is 1. The number of H-pyrrole nitrogens is 1. The van der Waals surface area contributed by atoms with E-state index in [4.69, 9.17) is 4.52 Å². The van der Waals surface area contributed by atoms with E-state index in [2.05, 4.69) is 43.9 Å². The molecule has 3 atom stereocenters. The molecule has 0 spiro atoms. The molecule has 3 unspecified atom stereocenters. The minimum atomic E-state index is -0.706. The van der Waals surface area contributed by atoms with Crippen molar-refractivity contribution in [3.8, 4) is 0 Å². The van der Waals surface area contributed by atoms with Crippen molar-refractivity contribution in [2.75, 3.05) is 25.0 Å². The number of aromatic amines is 1. The van der Waals surface area contributed by atoms with Crippen molar-refractivity contribution in [3.05, 3.63) is 36.1 Å². The molecule has 0 aliphatic carbocycles. The Hall–Kier alpha value is -2.45. The molecule has 0 amide bonds. The molecule has 4 rings (SSSR count). The molecule has 8 nitrogen and oxygen atoms in total. The minimum absolute atomic E-state index is 0.228. The van der Waals surface area contributed by atoms with Crippen LogP contribution in [0.15, 0.2) is 29.3 Å². The fourth-order valence-corrected chi connectivity index (χ4v) is 3.85. The molecule has 1 saturated heterocycles. The van der Waals surface area contributed by atoms with Crippen LogP contribution in [0.1, 0.15) is 30.9 Å². The molecule has 8 heteroatoms. The van der Waals surface area contributed by atoms with Gasteiger partial charge in [0.1, 0.15) is 29.8 Å². The normalized spacial score (nSPS) is 22.6. The van der Waals surface area contributed by atoms with Gasteiger partial charge in [0.15, 0.2) is 0 Å². The number of fused-ring (bicyclic) bond motifs is 1. The van der Waals surface area contributed by atoms with Gasteiger partial charge in [0.05, 0.1) is 17.1 Å². The third kappa shape index (κ3) is 2.85. The Morgan fingerprint density at radius 3 is 3.04 bits per heavy atom. The third-order valence-electron chi connectivity index (χ3n) is 5.53. The van der Waals surface area contributed by atoms with Crippen molar-refractivity contribution in [1.29, 1.82) is 0 Å². The summed E-state index contributed by atoms with van der Waals surface area (Å²) in [5, 5.41) is 15.6. The summed E-state index contributed by atoms with van der Waals surface area (Å²) in [6.07, 6.45) is 5.36. The van der Waals surface area contributed by atoms with E-state index >= 15 is 0 Å². The van der Waals surface area contributed by atoms with Gasteiger partial charge in [-0.15, -0.1) is 0 Å². The van der Waals surface area contributed by atoms with Crippen LogP contribution in [-0.4, -0.2) is 56.3 Å². The number of nitrogens with one attached hydrogen (secondary N) is 1. The van der Waals surface area contributed by atoms with Crippen molar-refractivity contribution in [1.82, 2.24) is 25.0 Å². The van der Waals surface area contributed by atoms with Crippen LogP contribution < -0.4 is 4.90 Å². The van der Waals surface area contributed by atoms with Crippen LogP contribution in [0.2, 0.25) is 0 Å². The smallest absolute Gasteiger partial charge is 0.142 e. The van der Waals surface area contributed by atoms with Gasteiger partial charge in [-0.3, -0.25) is 4.90 Å². The van der Waals surface area contributed by atoms with Gasteiger partial charge in [-0.2, -0.15) is 0 Å². The van der Waals surface area contributed by atoms with Crippen molar-refractivity contribution >= 4 is 16.9 Å². The zero-order chi connectivity index (χ0) is 18.3. The summed E-state index contributed by atoms with van der Waals surface area (Å²) in [5.41, 5.74) is 1.57. The molecule has 0 bridgehead atoms. The summed E-state index contributed by atoms with van der Waals surface area (Å²) in [6.45, 7) is 5.65. The lowest BCUT2D eigenvalue weighted by Crippen LogP contribution is -2.52. The number of likely N-dealkylation sites (tertiary alicyclic amines) is 1. The van der Waals surface area contributed by atoms with Crippen molar-refractivity contribution in [3.63, 3.8) is 0 Å². The first-order valence-corrected chi connectivity index (χ1v) is 8.90. The topological polar surface area (TPSA) is 94.3 Å². The van der Waals surface area contributed by atoms with Crippen LogP contribution in [0.25, 0.3) is 11.0 Å². The van der Waals surface area contributed by atoms with Gasteiger partial charge in [-0.05, 0) is 25.3 Å². The first kappa shape index (κ1) is 17.0. The molecule has 0 saturated carbocycles. The van der Waals surface area contributed by atoms with E-state index in [-0.39, 0.29) is 6.04 Å². The fraction of sp³-hybridized carbons (Fsp3) is 0.500. The maximum atomic E-state index is 10.8. The summed E-state index contributed by atoms with van der Waals surface area (Å²) in [4.78, 5) is 16.2. The lowest BCUT2D eigenvalue weighted by molar-refractivity contribution is -0.0245. The van der Waals surface area contributed by atoms with E-state index in [0.29, 0.717) is 11.7 Å². The van der Waals surface area contributed by atoms with Gasteiger partial charge in [0.2, 0.25) is 0 Å². The lowest BCUT2D eigenvalue weighted by Gasteiger charge is -2.43. The highest BCUT2D eigenvalue weighted by Gasteiger charge is 2.34. The second kappa shape index (κ2) is 6.69. The molecule has 3 aromatic rings. The van der Waals surface area contributed by atoms with E-state index in [0.717, 1.165) is 41.9 Å². The molecular weight excluding hydrogens is 332 g/mol. The molecule has 1 fully saturated rings. The molecule has 138 valence electrons. The molecule has 3 aromatic heterocycles. The highest BCUT2D eigenvalue weighted by Crippen LogP contribution is 2.31. The zero-order valence-electron chi connectivity index (χ0n) is 15.3. The molecule has 1 aliphatic heterocycles. The molecule has 1 aliphatic rings. The largest absolute Gasteiger partial charge is 0.374 e. The minimum Gasteiger partial charge on any atom is -0.374 e. The number of aryl methyl sites for hydroxylation is 1. The maximum Gasteiger partial charge on any atom is 0.142 e. The Bertz CT molecular complexity index is 891. The van der Waals surface area contributed by atoms with Crippen LogP contribution in [0, 0.1) is 12.8 Å². The molecule has 0 aromatic carbocycles. The van der Waals surface area contributed by atoms with Crippen LogP contribution in [0.5, 0.6) is 0 Å². The first-order chi connectivity index (χ1) is 12.6. The standard InChI is InChI=1S/C18H24N6O2/c1-11-5-7-24(18(25)14-8-22-26-12(14)2)9-15(11)23(3)17-13-4-6-19-16(13)20-10-21-17/h4,6,8,10-11,15,18,25H,5,7,9H2,1-3H3,(H,19,20,21). The van der Waals surface area contributed by atoms with Crippen molar-refractivity contribution in [2.45, 2.75) is 32.5 Å². The van der Waals surface area contributed by atoms with Gasteiger partial charge in [0.25, 0.3) is 0 Å². The Balaban J connectivity index is 1.59. The Kier molecular flexibility index (Phi) is 4.37. The predicted molar refractivity (Wildman–Crippen MR) is 97.6 cm³/mol.